The first-order valence-electron chi connectivity index (χ1n) is 9.45. The topological polar surface area (TPSA) is 66.0 Å². The second-order valence-electron chi connectivity index (χ2n) is 7.03. The van der Waals surface area contributed by atoms with Crippen LogP contribution >= 0.6 is 24.0 Å². The average molecular weight is 431 g/mol. The second kappa shape index (κ2) is 9.29. The van der Waals surface area contributed by atoms with E-state index in [0.29, 0.717) is 22.9 Å². The molecule has 2 heterocycles. The zero-order valence-electron chi connectivity index (χ0n) is 16.4. The maximum absolute atomic E-state index is 5.98. The largest absolute Gasteiger partial charge is 0.341 e. The number of halogens is 2. The fraction of sp³-hybridized carbons (Fsp3) is 0.286. The van der Waals surface area contributed by atoms with Crippen LogP contribution in [0.3, 0.4) is 0 Å². The Kier molecular flexibility index (Phi) is 6.77. The Morgan fingerprint density at radius 2 is 1.38 bits per heavy atom. The van der Waals surface area contributed by atoms with Crippen LogP contribution in [0.5, 0.6) is 0 Å². The molecule has 0 atom stereocenters. The van der Waals surface area contributed by atoms with E-state index in [4.69, 9.17) is 11.6 Å². The van der Waals surface area contributed by atoms with Crippen LogP contribution in [0.2, 0.25) is 5.02 Å². The monoisotopic (exact) mass is 430 g/mol. The minimum Gasteiger partial charge on any atom is -0.341 e. The first-order chi connectivity index (χ1) is 13.6. The quantitative estimate of drug-likeness (QED) is 0.544. The van der Waals surface area contributed by atoms with Crippen molar-refractivity contribution in [2.45, 2.75) is 26.7 Å². The lowest BCUT2D eigenvalue weighted by molar-refractivity contribution is 0.886. The van der Waals surface area contributed by atoms with Crippen LogP contribution in [-0.2, 0) is 0 Å². The van der Waals surface area contributed by atoms with Crippen molar-refractivity contribution in [3.05, 3.63) is 58.6 Å². The molecule has 6 nitrogen and oxygen atoms in total. The van der Waals surface area contributed by atoms with Crippen LogP contribution < -0.4 is 15.5 Å². The minimum absolute atomic E-state index is 0. The maximum Gasteiger partial charge on any atom is 0.233 e. The van der Waals surface area contributed by atoms with E-state index in [1.54, 1.807) is 0 Å². The van der Waals surface area contributed by atoms with Gasteiger partial charge >= 0.3 is 0 Å². The molecule has 3 aromatic rings. The molecule has 152 valence electrons. The van der Waals surface area contributed by atoms with Gasteiger partial charge in [0, 0.05) is 29.5 Å². The predicted octanol–water partition coefficient (Wildman–Crippen LogP) is 5.65. The van der Waals surface area contributed by atoms with Crippen LogP contribution in [0.15, 0.2) is 42.5 Å². The van der Waals surface area contributed by atoms with Crippen molar-refractivity contribution in [2.24, 2.45) is 0 Å². The van der Waals surface area contributed by atoms with Gasteiger partial charge < -0.3 is 15.5 Å². The molecule has 0 bridgehead atoms. The number of rotatable bonds is 5. The van der Waals surface area contributed by atoms with Crippen LogP contribution in [0.25, 0.3) is 0 Å². The van der Waals surface area contributed by atoms with Crippen molar-refractivity contribution in [1.82, 2.24) is 15.0 Å². The van der Waals surface area contributed by atoms with Crippen molar-refractivity contribution in [1.29, 1.82) is 0 Å². The highest BCUT2D eigenvalue weighted by atomic mass is 35.5. The Morgan fingerprint density at radius 1 is 0.793 bits per heavy atom. The Balaban J connectivity index is 0.00000240. The Hall–Kier alpha value is -2.57. The van der Waals surface area contributed by atoms with E-state index in [-0.39, 0.29) is 12.4 Å². The molecule has 1 aromatic heterocycles. The van der Waals surface area contributed by atoms with Gasteiger partial charge in [0.2, 0.25) is 17.8 Å². The van der Waals surface area contributed by atoms with Crippen LogP contribution in [0, 0.1) is 13.8 Å². The summed E-state index contributed by atoms with van der Waals surface area (Å²) in [6.45, 7) is 6.12. The molecule has 1 fully saturated rings. The Morgan fingerprint density at radius 3 is 2.00 bits per heavy atom. The number of hydrogen-bond acceptors (Lipinski definition) is 6. The summed E-state index contributed by atoms with van der Waals surface area (Å²) < 4.78 is 0. The van der Waals surface area contributed by atoms with Gasteiger partial charge in [-0.25, -0.2) is 0 Å². The van der Waals surface area contributed by atoms with Gasteiger partial charge in [-0.15, -0.1) is 12.4 Å². The van der Waals surface area contributed by atoms with Crippen molar-refractivity contribution in [2.75, 3.05) is 28.6 Å². The lowest BCUT2D eigenvalue weighted by Crippen LogP contribution is -2.21. The highest BCUT2D eigenvalue weighted by Crippen LogP contribution is 2.24. The van der Waals surface area contributed by atoms with Gasteiger partial charge in [-0.1, -0.05) is 17.7 Å². The number of aromatic nitrogens is 3. The van der Waals surface area contributed by atoms with Gasteiger partial charge in [-0.05, 0) is 74.2 Å². The molecule has 8 heteroatoms. The molecule has 0 amide bonds. The van der Waals surface area contributed by atoms with Gasteiger partial charge in [0.25, 0.3) is 0 Å². The lowest BCUT2D eigenvalue weighted by atomic mass is 10.1. The number of anilines is 5. The molecule has 1 aliphatic heterocycles. The SMILES string of the molecule is Cc1ccc(Nc2nc(Nc3ccc(Cl)cc3)nc(N3CCCC3)n2)cc1C.Cl. The van der Waals surface area contributed by atoms with Crippen molar-refractivity contribution in [3.8, 4) is 0 Å². The van der Waals surface area contributed by atoms with Crippen LogP contribution in [-0.4, -0.2) is 28.0 Å². The fourth-order valence-electron chi connectivity index (χ4n) is 3.15. The van der Waals surface area contributed by atoms with Crippen molar-refractivity contribution in [3.63, 3.8) is 0 Å². The van der Waals surface area contributed by atoms with E-state index in [2.05, 4.69) is 56.5 Å². The highest BCUT2D eigenvalue weighted by molar-refractivity contribution is 6.30. The second-order valence-corrected chi connectivity index (χ2v) is 7.47. The van der Waals surface area contributed by atoms with Crippen molar-refractivity contribution >= 4 is 53.2 Å². The van der Waals surface area contributed by atoms with Gasteiger partial charge in [0.1, 0.15) is 0 Å². The third-order valence-corrected chi connectivity index (χ3v) is 5.13. The van der Waals surface area contributed by atoms with Crippen LogP contribution in [0.4, 0.5) is 29.2 Å². The predicted molar refractivity (Wildman–Crippen MR) is 122 cm³/mol. The van der Waals surface area contributed by atoms with Gasteiger partial charge in [0.05, 0.1) is 0 Å². The van der Waals surface area contributed by atoms with E-state index < -0.39 is 0 Å². The van der Waals surface area contributed by atoms with E-state index in [0.717, 1.165) is 37.3 Å². The number of benzene rings is 2. The molecule has 0 aliphatic carbocycles. The summed E-state index contributed by atoms with van der Waals surface area (Å²) in [4.78, 5) is 16.0. The smallest absolute Gasteiger partial charge is 0.233 e. The fourth-order valence-corrected chi connectivity index (χ4v) is 3.27. The number of nitrogens with zero attached hydrogens (tertiary/aromatic N) is 4. The van der Waals surface area contributed by atoms with Gasteiger partial charge in [0.15, 0.2) is 0 Å². The maximum atomic E-state index is 5.98. The first-order valence-corrected chi connectivity index (χ1v) is 9.82. The third kappa shape index (κ3) is 5.28. The third-order valence-electron chi connectivity index (χ3n) is 4.88. The van der Waals surface area contributed by atoms with Crippen LogP contribution in [0.1, 0.15) is 24.0 Å². The van der Waals surface area contributed by atoms with E-state index in [1.807, 2.05) is 30.3 Å². The van der Waals surface area contributed by atoms with E-state index in [9.17, 15) is 0 Å². The number of hydrogen-bond donors (Lipinski definition) is 2. The molecule has 0 saturated carbocycles. The molecular formula is C21H24Cl2N6. The summed E-state index contributed by atoms with van der Waals surface area (Å²) in [6, 6.07) is 13.7. The normalized spacial score (nSPS) is 13.1. The molecular weight excluding hydrogens is 407 g/mol. The van der Waals surface area contributed by atoms with Gasteiger partial charge in [-0.2, -0.15) is 15.0 Å². The molecule has 29 heavy (non-hydrogen) atoms. The standard InChI is InChI=1S/C21H23ClN6.ClH/c1-14-5-8-18(13-15(14)2)24-20-25-19(23-17-9-6-16(22)7-10-17)26-21(27-20)28-11-3-4-12-28;/h5-10,13H,3-4,11-12H2,1-2H3,(H2,23,24,25,26,27);1H. The number of nitrogens with one attached hydrogen (secondary N) is 2. The summed E-state index contributed by atoms with van der Waals surface area (Å²) in [5.41, 5.74) is 4.31. The molecule has 1 saturated heterocycles. The summed E-state index contributed by atoms with van der Waals surface area (Å²) in [5, 5.41) is 7.27. The lowest BCUT2D eigenvalue weighted by Gasteiger charge is -2.17. The summed E-state index contributed by atoms with van der Waals surface area (Å²) in [6.07, 6.45) is 2.32. The molecule has 0 spiro atoms. The highest BCUT2D eigenvalue weighted by Gasteiger charge is 2.17. The summed E-state index contributed by atoms with van der Waals surface area (Å²) in [7, 11) is 0. The molecule has 2 aromatic carbocycles. The molecule has 0 unspecified atom stereocenters. The van der Waals surface area contributed by atoms with Crippen molar-refractivity contribution < 1.29 is 0 Å². The number of aryl methyl sites for hydroxylation is 2. The zero-order chi connectivity index (χ0) is 19.5. The average Bonchev–Trinajstić information content (AvgIpc) is 3.21. The molecule has 4 rings (SSSR count). The Labute approximate surface area is 182 Å². The van der Waals surface area contributed by atoms with E-state index in [1.165, 1.54) is 11.1 Å². The first kappa shape index (κ1) is 21.1. The molecule has 2 N–H and O–H groups in total. The minimum atomic E-state index is 0. The summed E-state index contributed by atoms with van der Waals surface area (Å²) >= 11 is 5.98. The zero-order valence-corrected chi connectivity index (χ0v) is 18.0. The van der Waals surface area contributed by atoms with Gasteiger partial charge in [-0.3, -0.25) is 0 Å². The Bertz CT molecular complexity index is 971. The molecule has 1 aliphatic rings. The molecule has 0 radical (unpaired) electrons. The summed E-state index contributed by atoms with van der Waals surface area (Å²) in [5.74, 6) is 1.72. The van der Waals surface area contributed by atoms with E-state index >= 15 is 0 Å².